The van der Waals surface area contributed by atoms with Crippen LogP contribution in [0.3, 0.4) is 0 Å². The number of nitrogens with zero attached hydrogens (tertiary/aromatic N) is 3. The highest BCUT2D eigenvalue weighted by Gasteiger charge is 2.36. The van der Waals surface area contributed by atoms with Gasteiger partial charge in [0, 0.05) is 66.5 Å². The molecule has 0 aliphatic heterocycles. The molecule has 90 heavy (non-hydrogen) atoms. The molecule has 0 fully saturated rings. The van der Waals surface area contributed by atoms with Gasteiger partial charge in [-0.25, -0.2) is 0 Å². The van der Waals surface area contributed by atoms with Gasteiger partial charge < -0.3 is 14.0 Å². The van der Waals surface area contributed by atoms with E-state index in [-0.39, 0.29) is 5.41 Å². The Hall–Kier alpha value is -11.5. The van der Waals surface area contributed by atoms with Crippen molar-refractivity contribution in [2.45, 2.75) is 19.3 Å². The Labute approximate surface area is 524 Å². The van der Waals surface area contributed by atoms with Crippen molar-refractivity contribution in [1.29, 1.82) is 0 Å². The van der Waals surface area contributed by atoms with E-state index in [2.05, 4.69) is 362 Å². The molecule has 14 aromatic carbocycles. The highest BCUT2D eigenvalue weighted by atomic mass is 15.1. The lowest BCUT2D eigenvalue weighted by atomic mass is 9.82. The third-order valence-corrected chi connectivity index (χ3v) is 18.9. The van der Waals surface area contributed by atoms with Crippen LogP contribution in [0.5, 0.6) is 0 Å². The van der Waals surface area contributed by atoms with Crippen molar-refractivity contribution >= 4 is 60.4 Å². The van der Waals surface area contributed by atoms with Crippen molar-refractivity contribution in [1.82, 2.24) is 9.13 Å². The van der Waals surface area contributed by atoms with Gasteiger partial charge in [-0.3, -0.25) is 0 Å². The minimum atomic E-state index is -0.183. The van der Waals surface area contributed by atoms with Gasteiger partial charge in [0.25, 0.3) is 0 Å². The Bertz CT molecular complexity index is 5090. The zero-order valence-corrected chi connectivity index (χ0v) is 50.1. The summed E-state index contributed by atoms with van der Waals surface area (Å²) in [6.07, 6.45) is 0. The molecule has 2 aromatic heterocycles. The first-order valence-electron chi connectivity index (χ1n) is 31.2. The van der Waals surface area contributed by atoms with Crippen LogP contribution in [-0.4, -0.2) is 9.13 Å². The SMILES string of the molecule is CC1(C)c2ccccc2-c2ccc(N(c3ccc(-c4cc5c(-c6ccccc6)c(-c6ccccc6)n(-c6ccccc6)c5c5ccccc45)cc3)c3ccc(-c4cc5c(-c6ccccc6)c(-c6ccccc6)n(-c6ccccc6)c5c5ccccc45)cc3)cc21. The van der Waals surface area contributed by atoms with E-state index in [0.29, 0.717) is 0 Å². The average molecular weight is 1150 g/mol. The first-order chi connectivity index (χ1) is 44.5. The van der Waals surface area contributed by atoms with Gasteiger partial charge in [0.15, 0.2) is 0 Å². The molecule has 1 aliphatic carbocycles. The second-order valence-corrected chi connectivity index (χ2v) is 24.3. The van der Waals surface area contributed by atoms with E-state index in [4.69, 9.17) is 0 Å². The zero-order chi connectivity index (χ0) is 59.9. The number of rotatable bonds is 11. The second kappa shape index (κ2) is 21.4. The predicted octanol–water partition coefficient (Wildman–Crippen LogP) is 23.7. The molecule has 0 spiro atoms. The lowest BCUT2D eigenvalue weighted by Crippen LogP contribution is -2.16. The molecule has 3 heteroatoms. The Kier molecular flexibility index (Phi) is 12.6. The molecule has 3 nitrogen and oxygen atoms in total. The molecular formula is C87H61N3. The van der Waals surface area contributed by atoms with Crippen LogP contribution in [0.4, 0.5) is 17.1 Å². The van der Waals surface area contributed by atoms with E-state index in [1.165, 1.54) is 122 Å². The summed E-state index contributed by atoms with van der Waals surface area (Å²) in [6.45, 7) is 4.75. The fourth-order valence-electron chi connectivity index (χ4n) is 14.8. The summed E-state index contributed by atoms with van der Waals surface area (Å²) in [4.78, 5) is 2.45. The first-order valence-corrected chi connectivity index (χ1v) is 31.2. The molecule has 2 heterocycles. The van der Waals surface area contributed by atoms with Crippen LogP contribution < -0.4 is 4.90 Å². The molecular weight excluding hydrogens is 1090 g/mol. The maximum absolute atomic E-state index is 2.49. The number of fused-ring (bicyclic) bond motifs is 9. The lowest BCUT2D eigenvalue weighted by molar-refractivity contribution is 0.660. The van der Waals surface area contributed by atoms with Crippen LogP contribution in [0.1, 0.15) is 25.0 Å². The van der Waals surface area contributed by atoms with Crippen LogP contribution >= 0.6 is 0 Å². The molecule has 1 aliphatic rings. The third-order valence-electron chi connectivity index (χ3n) is 18.9. The summed E-state index contributed by atoms with van der Waals surface area (Å²) in [5.41, 5.74) is 27.2. The molecule has 0 N–H and O–H groups in total. The Morgan fingerprint density at radius 2 is 0.589 bits per heavy atom. The van der Waals surface area contributed by atoms with Gasteiger partial charge >= 0.3 is 0 Å². The Morgan fingerprint density at radius 1 is 0.244 bits per heavy atom. The third kappa shape index (κ3) is 8.49. The average Bonchev–Trinajstić information content (AvgIpc) is 1.62. The number of aromatic nitrogens is 2. The van der Waals surface area contributed by atoms with Crippen molar-refractivity contribution in [3.63, 3.8) is 0 Å². The number of para-hydroxylation sites is 2. The minimum absolute atomic E-state index is 0.183. The molecule has 0 atom stereocenters. The summed E-state index contributed by atoms with van der Waals surface area (Å²) in [5.74, 6) is 0. The predicted molar refractivity (Wildman–Crippen MR) is 380 cm³/mol. The van der Waals surface area contributed by atoms with Crippen LogP contribution in [-0.2, 0) is 5.41 Å². The van der Waals surface area contributed by atoms with Crippen LogP contribution in [0.15, 0.2) is 334 Å². The monoisotopic (exact) mass is 1150 g/mol. The highest BCUT2D eigenvalue weighted by Crippen LogP contribution is 2.53. The molecule has 0 unspecified atom stereocenters. The van der Waals surface area contributed by atoms with Gasteiger partial charge in [0.2, 0.25) is 0 Å². The van der Waals surface area contributed by atoms with E-state index >= 15 is 0 Å². The maximum atomic E-state index is 2.49. The summed E-state index contributed by atoms with van der Waals surface area (Å²) < 4.78 is 4.99. The maximum Gasteiger partial charge on any atom is 0.0620 e. The van der Waals surface area contributed by atoms with Crippen LogP contribution in [0.25, 0.3) is 133 Å². The van der Waals surface area contributed by atoms with Gasteiger partial charge in [0.1, 0.15) is 0 Å². The molecule has 0 saturated heterocycles. The van der Waals surface area contributed by atoms with Crippen molar-refractivity contribution in [3.05, 3.63) is 345 Å². The zero-order valence-electron chi connectivity index (χ0n) is 50.1. The summed E-state index contributed by atoms with van der Waals surface area (Å²) in [7, 11) is 0. The van der Waals surface area contributed by atoms with Crippen molar-refractivity contribution in [3.8, 4) is 89.5 Å². The van der Waals surface area contributed by atoms with Gasteiger partial charge in [-0.2, -0.15) is 0 Å². The van der Waals surface area contributed by atoms with E-state index in [9.17, 15) is 0 Å². The minimum Gasteiger partial charge on any atom is -0.310 e. The van der Waals surface area contributed by atoms with Gasteiger partial charge in [-0.15, -0.1) is 0 Å². The fraction of sp³-hybridized carbons (Fsp3) is 0.0345. The number of anilines is 3. The summed E-state index contributed by atoms with van der Waals surface area (Å²) in [5, 5.41) is 7.23. The van der Waals surface area contributed by atoms with Gasteiger partial charge in [-0.1, -0.05) is 275 Å². The van der Waals surface area contributed by atoms with Gasteiger partial charge in [0.05, 0.1) is 22.4 Å². The molecule has 16 aromatic rings. The van der Waals surface area contributed by atoms with E-state index < -0.39 is 0 Å². The standard InChI is InChI=1S/C87H61N3/c1-87(2)79-44-26-25-41-71(79)72-54-53-68(55-80(72)87)88(66-49-45-58(46-50-66)75-56-77-81(60-27-9-3-10-28-60)83(62-31-13-5-14-32-62)89(64-35-17-7-18-36-64)85(77)73-42-23-21-39-69(73)75)67-51-47-59(48-52-67)76-57-78-82(61-29-11-4-12-30-61)84(63-33-15-6-16-34-63)90(65-37-19-8-20-38-65)86(78)74-43-24-22-40-70(74)76/h3-57H,1-2H3. The molecule has 0 saturated carbocycles. The van der Waals surface area contributed by atoms with Crippen molar-refractivity contribution in [2.75, 3.05) is 4.90 Å². The first kappa shape index (κ1) is 52.8. The molecule has 0 amide bonds. The van der Waals surface area contributed by atoms with Crippen LogP contribution in [0, 0.1) is 0 Å². The largest absolute Gasteiger partial charge is 0.310 e. The van der Waals surface area contributed by atoms with E-state index in [0.717, 1.165) is 39.6 Å². The van der Waals surface area contributed by atoms with Gasteiger partial charge in [-0.05, 0) is 150 Å². The van der Waals surface area contributed by atoms with Crippen LogP contribution in [0.2, 0.25) is 0 Å². The summed E-state index contributed by atoms with van der Waals surface area (Å²) in [6, 6.07) is 123. The van der Waals surface area contributed by atoms with E-state index in [1.54, 1.807) is 0 Å². The topological polar surface area (TPSA) is 13.1 Å². The Morgan fingerprint density at radius 3 is 1.02 bits per heavy atom. The molecule has 424 valence electrons. The van der Waals surface area contributed by atoms with E-state index in [1.807, 2.05) is 0 Å². The number of hydrogen-bond acceptors (Lipinski definition) is 1. The summed E-state index contributed by atoms with van der Waals surface area (Å²) >= 11 is 0. The fourth-order valence-corrected chi connectivity index (χ4v) is 14.8. The normalized spacial score (nSPS) is 12.4. The highest BCUT2D eigenvalue weighted by molar-refractivity contribution is 6.21. The molecule has 17 rings (SSSR count). The second-order valence-electron chi connectivity index (χ2n) is 24.3. The quantitative estimate of drug-likeness (QED) is 0.126. The molecule has 0 radical (unpaired) electrons. The number of benzene rings is 14. The van der Waals surface area contributed by atoms with Crippen molar-refractivity contribution in [2.24, 2.45) is 0 Å². The molecule has 0 bridgehead atoms. The Balaban J connectivity index is 0.848. The smallest absolute Gasteiger partial charge is 0.0620 e. The lowest BCUT2D eigenvalue weighted by Gasteiger charge is -2.28. The van der Waals surface area contributed by atoms with Crippen molar-refractivity contribution < 1.29 is 0 Å². The number of hydrogen-bond donors (Lipinski definition) is 0.